The highest BCUT2D eigenvalue weighted by Crippen LogP contribution is 2.34. The first-order chi connectivity index (χ1) is 12.0. The summed E-state index contributed by atoms with van der Waals surface area (Å²) in [6.07, 6.45) is 3.23. The Kier molecular flexibility index (Phi) is 5.64. The maximum atomic E-state index is 12.8. The Labute approximate surface area is 147 Å². The zero-order valence-electron chi connectivity index (χ0n) is 14.8. The summed E-state index contributed by atoms with van der Waals surface area (Å²) in [5.41, 5.74) is 1.69. The topological polar surface area (TPSA) is 65.1 Å². The zero-order valence-corrected chi connectivity index (χ0v) is 14.8. The third-order valence-electron chi connectivity index (χ3n) is 3.95. The van der Waals surface area contributed by atoms with Crippen LogP contribution >= 0.6 is 0 Å². The molecule has 0 fully saturated rings. The SMILES string of the molecule is C=CCN1C(=O)/C(=C\c2ccc(OC)cc2OC)C(C(=O)OC)=C1C. The van der Waals surface area contributed by atoms with Gasteiger partial charge in [-0.2, -0.15) is 0 Å². The van der Waals surface area contributed by atoms with Crippen LogP contribution in [-0.2, 0) is 14.3 Å². The minimum atomic E-state index is -0.559. The van der Waals surface area contributed by atoms with Crippen molar-refractivity contribution < 1.29 is 23.8 Å². The second-order valence-corrected chi connectivity index (χ2v) is 5.32. The van der Waals surface area contributed by atoms with Gasteiger partial charge in [0.05, 0.1) is 32.5 Å². The van der Waals surface area contributed by atoms with Gasteiger partial charge in [0.25, 0.3) is 5.91 Å². The summed E-state index contributed by atoms with van der Waals surface area (Å²) in [6, 6.07) is 5.23. The molecule has 2 rings (SSSR count). The predicted molar refractivity (Wildman–Crippen MR) is 94.1 cm³/mol. The number of carbonyl (C=O) groups excluding carboxylic acids is 2. The van der Waals surface area contributed by atoms with E-state index in [4.69, 9.17) is 14.2 Å². The number of ether oxygens (including phenoxy) is 3. The van der Waals surface area contributed by atoms with Crippen LogP contribution < -0.4 is 9.47 Å². The van der Waals surface area contributed by atoms with Crippen LogP contribution in [0.4, 0.5) is 0 Å². The largest absolute Gasteiger partial charge is 0.497 e. The highest BCUT2D eigenvalue weighted by atomic mass is 16.5. The minimum absolute atomic E-state index is 0.243. The fraction of sp³-hybridized carbons (Fsp3) is 0.263. The number of nitrogens with zero attached hydrogens (tertiary/aromatic N) is 1. The van der Waals surface area contributed by atoms with Crippen LogP contribution in [0.25, 0.3) is 6.08 Å². The van der Waals surface area contributed by atoms with Crippen LogP contribution in [0.2, 0.25) is 0 Å². The second kappa shape index (κ2) is 7.70. The van der Waals surface area contributed by atoms with Crippen LogP contribution in [0.3, 0.4) is 0 Å². The molecule has 0 bridgehead atoms. The van der Waals surface area contributed by atoms with E-state index in [9.17, 15) is 9.59 Å². The van der Waals surface area contributed by atoms with E-state index in [0.717, 1.165) is 0 Å². The fourth-order valence-electron chi connectivity index (χ4n) is 2.67. The Hall–Kier alpha value is -3.02. The lowest BCUT2D eigenvalue weighted by atomic mass is 10.0. The smallest absolute Gasteiger partial charge is 0.340 e. The molecule has 1 heterocycles. The highest BCUT2D eigenvalue weighted by molar-refractivity contribution is 6.16. The van der Waals surface area contributed by atoms with E-state index in [1.165, 1.54) is 19.1 Å². The first-order valence-corrected chi connectivity index (χ1v) is 7.64. The van der Waals surface area contributed by atoms with Gasteiger partial charge in [0, 0.05) is 23.9 Å². The van der Waals surface area contributed by atoms with Gasteiger partial charge in [0.15, 0.2) is 0 Å². The molecule has 25 heavy (non-hydrogen) atoms. The summed E-state index contributed by atoms with van der Waals surface area (Å²) < 4.78 is 15.4. The van der Waals surface area contributed by atoms with Crippen molar-refractivity contribution in [2.75, 3.05) is 27.9 Å². The number of carbonyl (C=O) groups is 2. The number of benzene rings is 1. The molecule has 0 saturated heterocycles. The average Bonchev–Trinajstić information content (AvgIpc) is 2.86. The number of methoxy groups -OCH3 is 3. The summed E-state index contributed by atoms with van der Waals surface area (Å²) >= 11 is 0. The Morgan fingerprint density at radius 2 is 1.96 bits per heavy atom. The highest BCUT2D eigenvalue weighted by Gasteiger charge is 2.36. The molecular weight excluding hydrogens is 322 g/mol. The molecule has 6 heteroatoms. The molecule has 1 aliphatic rings. The van der Waals surface area contributed by atoms with Crippen LogP contribution in [0.1, 0.15) is 12.5 Å². The van der Waals surface area contributed by atoms with E-state index in [-0.39, 0.29) is 17.1 Å². The van der Waals surface area contributed by atoms with Crippen molar-refractivity contribution in [1.82, 2.24) is 4.90 Å². The van der Waals surface area contributed by atoms with Gasteiger partial charge in [-0.25, -0.2) is 4.79 Å². The molecule has 0 unspecified atom stereocenters. The Morgan fingerprint density at radius 3 is 2.52 bits per heavy atom. The molecule has 1 amide bonds. The lowest BCUT2D eigenvalue weighted by Gasteiger charge is -2.14. The summed E-state index contributed by atoms with van der Waals surface area (Å²) in [7, 11) is 4.37. The third-order valence-corrected chi connectivity index (χ3v) is 3.95. The van der Waals surface area contributed by atoms with Crippen LogP contribution in [0, 0.1) is 0 Å². The molecular formula is C19H21NO5. The number of esters is 1. The number of hydrogen-bond acceptors (Lipinski definition) is 5. The third kappa shape index (κ3) is 3.42. The molecule has 132 valence electrons. The van der Waals surface area contributed by atoms with E-state index in [2.05, 4.69) is 6.58 Å². The van der Waals surface area contributed by atoms with Crippen molar-refractivity contribution >= 4 is 18.0 Å². The standard InChI is InChI=1S/C19H21NO5/c1-6-9-20-12(2)17(19(22)25-5)15(18(20)21)10-13-7-8-14(23-3)11-16(13)24-4/h6-8,10-11H,1,9H2,2-5H3/b15-10-. The maximum Gasteiger partial charge on any atom is 0.340 e. The molecule has 0 saturated carbocycles. The summed E-state index contributed by atoms with van der Waals surface area (Å²) in [5.74, 6) is 0.320. The van der Waals surface area contributed by atoms with Crippen molar-refractivity contribution in [1.29, 1.82) is 0 Å². The van der Waals surface area contributed by atoms with E-state index in [0.29, 0.717) is 29.3 Å². The van der Waals surface area contributed by atoms with Gasteiger partial charge < -0.3 is 19.1 Å². The molecule has 0 aromatic heterocycles. The van der Waals surface area contributed by atoms with Crippen molar-refractivity contribution in [2.45, 2.75) is 6.92 Å². The van der Waals surface area contributed by atoms with Crippen molar-refractivity contribution in [2.24, 2.45) is 0 Å². The van der Waals surface area contributed by atoms with Gasteiger partial charge >= 0.3 is 5.97 Å². The summed E-state index contributed by atoms with van der Waals surface area (Å²) in [6.45, 7) is 5.67. The number of hydrogen-bond donors (Lipinski definition) is 0. The Morgan fingerprint density at radius 1 is 1.24 bits per heavy atom. The Bertz CT molecular complexity index is 776. The van der Waals surface area contributed by atoms with Gasteiger partial charge in [-0.3, -0.25) is 4.79 Å². The van der Waals surface area contributed by atoms with Gasteiger partial charge in [-0.05, 0) is 25.1 Å². The molecule has 0 atom stereocenters. The second-order valence-electron chi connectivity index (χ2n) is 5.32. The monoisotopic (exact) mass is 343 g/mol. The van der Waals surface area contributed by atoms with E-state index in [1.807, 2.05) is 0 Å². The van der Waals surface area contributed by atoms with Gasteiger partial charge in [-0.15, -0.1) is 6.58 Å². The maximum absolute atomic E-state index is 12.8. The Balaban J connectivity index is 2.59. The number of rotatable bonds is 6. The van der Waals surface area contributed by atoms with E-state index in [1.54, 1.807) is 44.4 Å². The van der Waals surface area contributed by atoms with Crippen LogP contribution in [-0.4, -0.2) is 44.7 Å². The van der Waals surface area contributed by atoms with E-state index < -0.39 is 5.97 Å². The van der Waals surface area contributed by atoms with Crippen molar-refractivity contribution in [3.05, 3.63) is 53.3 Å². The molecule has 6 nitrogen and oxygen atoms in total. The fourth-order valence-corrected chi connectivity index (χ4v) is 2.67. The van der Waals surface area contributed by atoms with Gasteiger partial charge in [-0.1, -0.05) is 6.08 Å². The van der Waals surface area contributed by atoms with Crippen molar-refractivity contribution in [3.63, 3.8) is 0 Å². The first kappa shape index (κ1) is 18.3. The van der Waals surface area contributed by atoms with Crippen LogP contribution in [0.15, 0.2) is 47.7 Å². The lowest BCUT2D eigenvalue weighted by Crippen LogP contribution is -2.25. The first-order valence-electron chi connectivity index (χ1n) is 7.64. The van der Waals surface area contributed by atoms with E-state index >= 15 is 0 Å². The average molecular weight is 343 g/mol. The van der Waals surface area contributed by atoms with Gasteiger partial charge in [0.1, 0.15) is 11.5 Å². The summed E-state index contributed by atoms with van der Waals surface area (Å²) in [4.78, 5) is 26.4. The molecule has 1 aliphatic heterocycles. The number of allylic oxidation sites excluding steroid dienone is 1. The molecule has 1 aromatic carbocycles. The minimum Gasteiger partial charge on any atom is -0.497 e. The lowest BCUT2D eigenvalue weighted by molar-refractivity contribution is -0.136. The molecule has 1 aromatic rings. The van der Waals surface area contributed by atoms with Crippen LogP contribution in [0.5, 0.6) is 11.5 Å². The van der Waals surface area contributed by atoms with Gasteiger partial charge in [0.2, 0.25) is 0 Å². The summed E-state index contributed by atoms with van der Waals surface area (Å²) in [5, 5.41) is 0. The quantitative estimate of drug-likeness (QED) is 0.451. The normalized spacial score (nSPS) is 15.6. The number of amides is 1. The zero-order chi connectivity index (χ0) is 18.6. The van der Waals surface area contributed by atoms with Crippen molar-refractivity contribution in [3.8, 4) is 11.5 Å². The molecule has 0 N–H and O–H groups in total. The molecule has 0 aliphatic carbocycles. The molecule has 0 spiro atoms. The predicted octanol–water partition coefficient (Wildman–Crippen LogP) is 2.56. The molecule has 0 radical (unpaired) electrons.